The molecule has 0 radical (unpaired) electrons. The number of quaternary nitrogens is 1. The van der Waals surface area contributed by atoms with Crippen LogP contribution >= 0.6 is 0 Å². The van der Waals surface area contributed by atoms with Gasteiger partial charge in [-0.05, 0) is 12.0 Å². The van der Waals surface area contributed by atoms with E-state index in [1.54, 1.807) is 6.20 Å². The van der Waals surface area contributed by atoms with Crippen molar-refractivity contribution in [2.24, 2.45) is 0 Å². The van der Waals surface area contributed by atoms with Gasteiger partial charge in [-0.15, -0.1) is 6.42 Å². The van der Waals surface area contributed by atoms with Crippen molar-refractivity contribution in [1.29, 1.82) is 0 Å². The van der Waals surface area contributed by atoms with E-state index in [0.29, 0.717) is 0 Å². The summed E-state index contributed by atoms with van der Waals surface area (Å²) in [7, 11) is 2.06. The fourth-order valence-corrected chi connectivity index (χ4v) is 1.27. The molecule has 0 aliphatic carbocycles. The Labute approximate surface area is 85.3 Å². The summed E-state index contributed by atoms with van der Waals surface area (Å²) in [5, 5.41) is 0. The maximum atomic E-state index is 5.23. The molecule has 2 heteroatoms. The topological polar surface area (TPSA) is 17.3 Å². The van der Waals surface area contributed by atoms with Crippen LogP contribution in [0.5, 0.6) is 0 Å². The van der Waals surface area contributed by atoms with Crippen LogP contribution in [0.2, 0.25) is 0 Å². The highest BCUT2D eigenvalue weighted by Crippen LogP contribution is 2.06. The molecule has 1 N–H and O–H groups in total. The van der Waals surface area contributed by atoms with E-state index < -0.39 is 0 Å². The van der Waals surface area contributed by atoms with Crippen molar-refractivity contribution in [3.63, 3.8) is 0 Å². The van der Waals surface area contributed by atoms with E-state index in [2.05, 4.69) is 24.5 Å². The molecule has 1 unspecified atom stereocenters. The van der Waals surface area contributed by atoms with Crippen molar-refractivity contribution >= 4 is 5.57 Å². The number of pyridine rings is 1. The third-order valence-corrected chi connectivity index (χ3v) is 1.99. The normalized spacial score (nSPS) is 11.7. The third kappa shape index (κ3) is 3.04. The van der Waals surface area contributed by atoms with E-state index in [1.165, 1.54) is 4.90 Å². The molecule has 2 nitrogen and oxygen atoms in total. The van der Waals surface area contributed by atoms with E-state index in [4.69, 9.17) is 6.42 Å². The molecule has 0 aliphatic rings. The predicted octanol–water partition coefficient (Wildman–Crippen LogP) is 0.243. The van der Waals surface area contributed by atoms with Crippen LogP contribution in [0.25, 0.3) is 5.57 Å². The number of terminal acetylenes is 1. The van der Waals surface area contributed by atoms with Crippen molar-refractivity contribution in [3.8, 4) is 12.3 Å². The fourth-order valence-electron chi connectivity index (χ4n) is 1.27. The lowest BCUT2D eigenvalue weighted by molar-refractivity contribution is -0.863. The summed E-state index contributed by atoms with van der Waals surface area (Å²) in [4.78, 5) is 5.31. The van der Waals surface area contributed by atoms with Crippen LogP contribution in [0.1, 0.15) is 5.56 Å². The lowest BCUT2D eigenvalue weighted by Gasteiger charge is -2.12. The lowest BCUT2D eigenvalue weighted by Crippen LogP contribution is -3.08. The minimum Gasteiger partial charge on any atom is -0.324 e. The van der Waals surface area contributed by atoms with Crippen molar-refractivity contribution in [1.82, 2.24) is 4.98 Å². The molecule has 0 amide bonds. The van der Waals surface area contributed by atoms with Crippen molar-refractivity contribution in [2.75, 3.05) is 20.1 Å². The molecule has 1 rings (SSSR count). The number of nitrogens with zero attached hydrogens (tertiary/aromatic N) is 1. The van der Waals surface area contributed by atoms with Gasteiger partial charge >= 0.3 is 0 Å². The van der Waals surface area contributed by atoms with Gasteiger partial charge in [0.25, 0.3) is 0 Å². The van der Waals surface area contributed by atoms with Gasteiger partial charge in [-0.2, -0.15) is 0 Å². The summed E-state index contributed by atoms with van der Waals surface area (Å²) in [6, 6.07) is 3.93. The minimum atomic E-state index is 0.722. The summed E-state index contributed by atoms with van der Waals surface area (Å²) in [6.07, 6.45) is 8.81. The summed E-state index contributed by atoms with van der Waals surface area (Å²) in [6.45, 7) is 5.60. The molecular formula is C12H15N2+. The largest absolute Gasteiger partial charge is 0.324 e. The minimum absolute atomic E-state index is 0.722. The first-order valence-corrected chi connectivity index (χ1v) is 4.57. The van der Waals surface area contributed by atoms with Gasteiger partial charge in [-0.3, -0.25) is 4.98 Å². The average Bonchev–Trinajstić information content (AvgIpc) is 2.19. The molecule has 1 atom stereocenters. The van der Waals surface area contributed by atoms with Crippen molar-refractivity contribution in [2.45, 2.75) is 0 Å². The second kappa shape index (κ2) is 5.21. The highest BCUT2D eigenvalue weighted by Gasteiger charge is 2.04. The van der Waals surface area contributed by atoms with E-state index >= 15 is 0 Å². The summed E-state index contributed by atoms with van der Waals surface area (Å²) >= 11 is 0. The fraction of sp³-hybridized carbons (Fsp3) is 0.250. The van der Waals surface area contributed by atoms with Crippen LogP contribution in [0, 0.1) is 12.3 Å². The van der Waals surface area contributed by atoms with Crippen molar-refractivity contribution in [3.05, 3.63) is 36.7 Å². The summed E-state index contributed by atoms with van der Waals surface area (Å²) < 4.78 is 0. The zero-order valence-electron chi connectivity index (χ0n) is 8.46. The Morgan fingerprint density at radius 1 is 1.71 bits per heavy atom. The molecular weight excluding hydrogens is 172 g/mol. The molecule has 1 heterocycles. The molecule has 0 saturated heterocycles. The Balaban J connectivity index is 2.56. The van der Waals surface area contributed by atoms with Crippen LogP contribution in [0.3, 0.4) is 0 Å². The van der Waals surface area contributed by atoms with E-state index in [-0.39, 0.29) is 0 Å². The summed E-state index contributed by atoms with van der Waals surface area (Å²) in [5.74, 6) is 2.63. The molecule has 0 fully saturated rings. The first kappa shape index (κ1) is 10.5. The van der Waals surface area contributed by atoms with Crippen LogP contribution < -0.4 is 4.90 Å². The number of aromatic nitrogens is 1. The van der Waals surface area contributed by atoms with Crippen LogP contribution in [-0.4, -0.2) is 25.1 Å². The molecule has 1 aromatic rings. The maximum absolute atomic E-state index is 5.23. The Morgan fingerprint density at radius 2 is 2.50 bits per heavy atom. The molecule has 14 heavy (non-hydrogen) atoms. The second-order valence-corrected chi connectivity index (χ2v) is 3.36. The van der Waals surface area contributed by atoms with E-state index in [0.717, 1.165) is 24.2 Å². The zero-order valence-corrected chi connectivity index (χ0v) is 8.46. The van der Waals surface area contributed by atoms with Gasteiger partial charge in [0, 0.05) is 23.5 Å². The molecule has 0 spiro atoms. The molecule has 0 bridgehead atoms. The standard InChI is InChI=1S/C12H14N2/c1-4-8-14(3)10-11(2)12-6-5-7-13-9-12/h1,5-7,9H,2,8,10H2,3H3/p+1. The van der Waals surface area contributed by atoms with Gasteiger partial charge in [0.05, 0.1) is 7.05 Å². The van der Waals surface area contributed by atoms with Crippen LogP contribution in [-0.2, 0) is 0 Å². The molecule has 0 saturated carbocycles. The van der Waals surface area contributed by atoms with Gasteiger partial charge in [-0.1, -0.05) is 12.6 Å². The molecule has 1 aromatic heterocycles. The first-order chi connectivity index (χ1) is 6.74. The number of likely N-dealkylation sites (N-methyl/N-ethyl adjacent to an activating group) is 1. The summed E-state index contributed by atoms with van der Waals surface area (Å²) in [5.41, 5.74) is 2.16. The SMILES string of the molecule is C#CC[NH+](C)CC(=C)c1cccnc1. The zero-order chi connectivity index (χ0) is 10.4. The Kier molecular flexibility index (Phi) is 3.90. The van der Waals surface area contributed by atoms with Crippen molar-refractivity contribution < 1.29 is 4.90 Å². The second-order valence-electron chi connectivity index (χ2n) is 3.36. The molecule has 72 valence electrons. The van der Waals surface area contributed by atoms with Gasteiger partial charge in [0.1, 0.15) is 13.1 Å². The van der Waals surface area contributed by atoms with E-state index in [1.807, 2.05) is 18.3 Å². The van der Waals surface area contributed by atoms with Crippen LogP contribution in [0.15, 0.2) is 31.1 Å². The Hall–Kier alpha value is -1.59. The maximum Gasteiger partial charge on any atom is 0.139 e. The van der Waals surface area contributed by atoms with E-state index in [9.17, 15) is 0 Å². The third-order valence-electron chi connectivity index (χ3n) is 1.99. The smallest absolute Gasteiger partial charge is 0.139 e. The highest BCUT2D eigenvalue weighted by atomic mass is 15.1. The Bertz CT molecular complexity index is 335. The van der Waals surface area contributed by atoms with Gasteiger partial charge in [-0.25, -0.2) is 0 Å². The monoisotopic (exact) mass is 187 g/mol. The van der Waals surface area contributed by atoms with Gasteiger partial charge in [0.2, 0.25) is 0 Å². The first-order valence-electron chi connectivity index (χ1n) is 4.57. The number of hydrogen-bond acceptors (Lipinski definition) is 1. The predicted molar refractivity (Wildman–Crippen MR) is 58.7 cm³/mol. The van der Waals surface area contributed by atoms with Gasteiger partial charge in [0.15, 0.2) is 0 Å². The number of hydrogen-bond donors (Lipinski definition) is 1. The number of nitrogens with one attached hydrogen (secondary N) is 1. The quantitative estimate of drug-likeness (QED) is 0.668. The van der Waals surface area contributed by atoms with Crippen LogP contribution in [0.4, 0.5) is 0 Å². The highest BCUT2D eigenvalue weighted by molar-refractivity contribution is 5.62. The average molecular weight is 187 g/mol. The molecule has 0 aromatic carbocycles. The Morgan fingerprint density at radius 3 is 3.07 bits per heavy atom. The number of rotatable bonds is 4. The molecule has 0 aliphatic heterocycles. The lowest BCUT2D eigenvalue weighted by atomic mass is 10.1. The van der Waals surface area contributed by atoms with Gasteiger partial charge < -0.3 is 4.90 Å².